The number of benzene rings is 1. The molecule has 2 aliphatic rings. The summed E-state index contributed by atoms with van der Waals surface area (Å²) in [4.78, 5) is 23.9. The highest BCUT2D eigenvalue weighted by atomic mass is 32.2. The molecule has 0 spiro atoms. The first-order valence-electron chi connectivity index (χ1n) is 8.72. The van der Waals surface area contributed by atoms with E-state index in [-0.39, 0.29) is 19.3 Å². The molecule has 0 unspecified atom stereocenters. The van der Waals surface area contributed by atoms with Crippen LogP contribution < -0.4 is 20.1 Å². The van der Waals surface area contributed by atoms with Crippen LogP contribution in [0.5, 0.6) is 11.5 Å². The standard InChI is InChI=1S/C17H23N3O6S/c1-27(23,24)20-6-4-12(5-7-20)9-18-16(21)17(22)19-10-13-2-3-14-15(8-13)26-11-25-14/h2-3,8,12H,4-7,9-11H2,1H3,(H,18,21)(H,19,22). The van der Waals surface area contributed by atoms with E-state index in [1.165, 1.54) is 10.6 Å². The van der Waals surface area contributed by atoms with Crippen molar-refractivity contribution in [2.24, 2.45) is 5.92 Å². The van der Waals surface area contributed by atoms with E-state index in [0.717, 1.165) is 5.56 Å². The highest BCUT2D eigenvalue weighted by Crippen LogP contribution is 2.32. The number of carbonyl (C=O) groups is 2. The fraction of sp³-hybridized carbons (Fsp3) is 0.529. The molecule has 0 saturated carbocycles. The number of hydrogen-bond acceptors (Lipinski definition) is 6. The van der Waals surface area contributed by atoms with Crippen LogP contribution >= 0.6 is 0 Å². The van der Waals surface area contributed by atoms with Crippen LogP contribution in [0.25, 0.3) is 0 Å². The van der Waals surface area contributed by atoms with E-state index in [1.807, 2.05) is 0 Å². The van der Waals surface area contributed by atoms with Gasteiger partial charge in [-0.25, -0.2) is 12.7 Å². The number of nitrogens with zero attached hydrogens (tertiary/aromatic N) is 1. The number of ether oxygens (including phenoxy) is 2. The van der Waals surface area contributed by atoms with Crippen LogP contribution in [-0.4, -0.2) is 57.2 Å². The van der Waals surface area contributed by atoms with Gasteiger partial charge in [-0.05, 0) is 36.5 Å². The van der Waals surface area contributed by atoms with Gasteiger partial charge >= 0.3 is 11.8 Å². The van der Waals surface area contributed by atoms with E-state index in [4.69, 9.17) is 9.47 Å². The molecule has 0 radical (unpaired) electrons. The first kappa shape index (κ1) is 19.4. The molecule has 0 aliphatic carbocycles. The third-order valence-corrected chi connectivity index (χ3v) is 5.99. The monoisotopic (exact) mass is 397 g/mol. The average Bonchev–Trinajstić information content (AvgIpc) is 3.11. The predicted molar refractivity (Wildman–Crippen MR) is 96.6 cm³/mol. The molecule has 0 atom stereocenters. The molecule has 2 N–H and O–H groups in total. The lowest BCUT2D eigenvalue weighted by Crippen LogP contribution is -2.44. The second-order valence-electron chi connectivity index (χ2n) is 6.69. The fourth-order valence-corrected chi connectivity index (χ4v) is 3.95. The van der Waals surface area contributed by atoms with E-state index in [9.17, 15) is 18.0 Å². The van der Waals surface area contributed by atoms with Crippen LogP contribution in [0.4, 0.5) is 0 Å². The average molecular weight is 397 g/mol. The van der Waals surface area contributed by atoms with Gasteiger partial charge in [-0.1, -0.05) is 6.07 Å². The van der Waals surface area contributed by atoms with E-state index >= 15 is 0 Å². The van der Waals surface area contributed by atoms with Crippen LogP contribution in [0.1, 0.15) is 18.4 Å². The van der Waals surface area contributed by atoms with Crippen LogP contribution in [0.2, 0.25) is 0 Å². The summed E-state index contributed by atoms with van der Waals surface area (Å²) in [6, 6.07) is 5.31. The summed E-state index contributed by atoms with van der Waals surface area (Å²) >= 11 is 0. The van der Waals surface area contributed by atoms with E-state index in [1.54, 1.807) is 18.2 Å². The molecule has 3 rings (SSSR count). The maximum atomic E-state index is 11.9. The lowest BCUT2D eigenvalue weighted by Gasteiger charge is -2.30. The van der Waals surface area contributed by atoms with Crippen LogP contribution in [0.15, 0.2) is 18.2 Å². The Kier molecular flexibility index (Phi) is 5.85. The smallest absolute Gasteiger partial charge is 0.309 e. The lowest BCUT2D eigenvalue weighted by molar-refractivity contribution is -0.139. The quantitative estimate of drug-likeness (QED) is 0.667. The largest absolute Gasteiger partial charge is 0.454 e. The molecule has 0 aromatic heterocycles. The first-order valence-corrected chi connectivity index (χ1v) is 10.6. The lowest BCUT2D eigenvalue weighted by atomic mass is 9.98. The molecular weight excluding hydrogens is 374 g/mol. The summed E-state index contributed by atoms with van der Waals surface area (Å²) in [5.74, 6) is 0.0347. The Morgan fingerprint density at radius 1 is 1.11 bits per heavy atom. The molecule has 1 fully saturated rings. The van der Waals surface area contributed by atoms with Crippen LogP contribution in [-0.2, 0) is 26.2 Å². The molecule has 0 bridgehead atoms. The molecule has 148 valence electrons. The van der Waals surface area contributed by atoms with Crippen molar-refractivity contribution in [3.05, 3.63) is 23.8 Å². The number of fused-ring (bicyclic) bond motifs is 1. The van der Waals surface area contributed by atoms with Gasteiger partial charge in [0.2, 0.25) is 16.8 Å². The highest BCUT2D eigenvalue weighted by molar-refractivity contribution is 7.88. The van der Waals surface area contributed by atoms with Gasteiger partial charge in [-0.15, -0.1) is 0 Å². The molecule has 1 saturated heterocycles. The molecule has 27 heavy (non-hydrogen) atoms. The zero-order chi connectivity index (χ0) is 19.4. The van der Waals surface area contributed by atoms with Gasteiger partial charge in [0.1, 0.15) is 0 Å². The number of hydrogen-bond donors (Lipinski definition) is 2. The molecule has 10 heteroatoms. The van der Waals surface area contributed by atoms with Gasteiger partial charge in [0.05, 0.1) is 6.26 Å². The van der Waals surface area contributed by atoms with Crippen molar-refractivity contribution in [2.45, 2.75) is 19.4 Å². The minimum absolute atomic E-state index is 0.161. The van der Waals surface area contributed by atoms with Crippen molar-refractivity contribution in [1.82, 2.24) is 14.9 Å². The number of rotatable bonds is 5. The maximum Gasteiger partial charge on any atom is 0.309 e. The fourth-order valence-electron chi connectivity index (χ4n) is 3.08. The van der Waals surface area contributed by atoms with Crippen molar-refractivity contribution < 1.29 is 27.5 Å². The summed E-state index contributed by atoms with van der Waals surface area (Å²) in [5.41, 5.74) is 0.800. The maximum absolute atomic E-state index is 11.9. The number of sulfonamides is 1. The molecule has 2 heterocycles. The Morgan fingerprint density at radius 3 is 2.48 bits per heavy atom. The van der Waals surface area contributed by atoms with Gasteiger partial charge in [-0.2, -0.15) is 0 Å². The number of piperidine rings is 1. The third kappa shape index (κ3) is 5.10. The SMILES string of the molecule is CS(=O)(=O)N1CCC(CNC(=O)C(=O)NCc2ccc3c(c2)OCO3)CC1. The van der Waals surface area contributed by atoms with Crippen LogP contribution in [0, 0.1) is 5.92 Å². The van der Waals surface area contributed by atoms with Crippen molar-refractivity contribution >= 4 is 21.8 Å². The van der Waals surface area contributed by atoms with Crippen molar-refractivity contribution in [3.8, 4) is 11.5 Å². The van der Waals surface area contributed by atoms with Gasteiger partial charge in [0.15, 0.2) is 11.5 Å². The zero-order valence-corrected chi connectivity index (χ0v) is 15.9. The normalized spacial score (nSPS) is 17.5. The minimum atomic E-state index is -3.17. The molecule has 2 amide bonds. The van der Waals surface area contributed by atoms with Crippen molar-refractivity contribution in [3.63, 3.8) is 0 Å². The second-order valence-corrected chi connectivity index (χ2v) is 8.67. The Hall–Kier alpha value is -2.33. The zero-order valence-electron chi connectivity index (χ0n) is 15.1. The molecule has 1 aromatic rings. The van der Waals surface area contributed by atoms with E-state index in [2.05, 4.69) is 10.6 Å². The highest BCUT2D eigenvalue weighted by Gasteiger charge is 2.25. The van der Waals surface area contributed by atoms with E-state index in [0.29, 0.717) is 44.0 Å². The minimum Gasteiger partial charge on any atom is -0.454 e. The summed E-state index contributed by atoms with van der Waals surface area (Å²) in [6.45, 7) is 1.62. The van der Waals surface area contributed by atoms with Crippen molar-refractivity contribution in [1.29, 1.82) is 0 Å². The Bertz CT molecular complexity index is 818. The van der Waals surface area contributed by atoms with Gasteiger partial charge in [0.25, 0.3) is 0 Å². The molecular formula is C17H23N3O6S. The van der Waals surface area contributed by atoms with Crippen molar-refractivity contribution in [2.75, 3.05) is 32.7 Å². The van der Waals surface area contributed by atoms with Gasteiger partial charge in [0, 0.05) is 26.2 Å². The summed E-state index contributed by atoms with van der Waals surface area (Å²) < 4.78 is 34.9. The summed E-state index contributed by atoms with van der Waals surface area (Å²) in [7, 11) is -3.17. The Labute approximate surface area is 158 Å². The van der Waals surface area contributed by atoms with Crippen LogP contribution in [0.3, 0.4) is 0 Å². The Morgan fingerprint density at radius 2 is 1.78 bits per heavy atom. The molecule has 1 aromatic carbocycles. The van der Waals surface area contributed by atoms with E-state index < -0.39 is 21.8 Å². The molecule has 2 aliphatic heterocycles. The topological polar surface area (TPSA) is 114 Å². The number of amides is 2. The number of nitrogens with one attached hydrogen (secondary N) is 2. The van der Waals surface area contributed by atoms with Gasteiger partial charge < -0.3 is 20.1 Å². The predicted octanol–water partition coefficient (Wildman–Crippen LogP) is -0.181. The Balaban J connectivity index is 1.39. The molecule has 9 nitrogen and oxygen atoms in total. The first-order chi connectivity index (χ1) is 12.8. The number of carbonyl (C=O) groups excluding carboxylic acids is 2. The third-order valence-electron chi connectivity index (χ3n) is 4.69. The van der Waals surface area contributed by atoms with Gasteiger partial charge in [-0.3, -0.25) is 9.59 Å². The second kappa shape index (κ2) is 8.13. The summed E-state index contributed by atoms with van der Waals surface area (Å²) in [6.07, 6.45) is 2.51. The summed E-state index contributed by atoms with van der Waals surface area (Å²) in [5, 5.41) is 5.19.